The van der Waals surface area contributed by atoms with Crippen LogP contribution in [0.4, 0.5) is 15.8 Å². The summed E-state index contributed by atoms with van der Waals surface area (Å²) in [6.07, 6.45) is 2.66. The lowest BCUT2D eigenvalue weighted by Crippen LogP contribution is -2.37. The molecular formula is C32H32FNO4. The number of nitrogens with zero attached hydrogens (tertiary/aromatic N) is 1. The number of hydrogen-bond donors (Lipinski definition) is 0. The number of ether oxygens (including phenoxy) is 3. The summed E-state index contributed by atoms with van der Waals surface area (Å²) >= 11 is 0. The van der Waals surface area contributed by atoms with Gasteiger partial charge in [0.05, 0.1) is 19.3 Å². The summed E-state index contributed by atoms with van der Waals surface area (Å²) in [6.45, 7) is 2.73. The van der Waals surface area contributed by atoms with Crippen LogP contribution in [0.15, 0.2) is 84.9 Å². The Labute approximate surface area is 222 Å². The van der Waals surface area contributed by atoms with Crippen molar-refractivity contribution in [1.82, 2.24) is 0 Å². The van der Waals surface area contributed by atoms with Crippen LogP contribution in [0.3, 0.4) is 0 Å². The molecule has 0 saturated carbocycles. The molecule has 4 aromatic rings. The average Bonchev–Trinajstić information content (AvgIpc) is 2.96. The molecule has 0 amide bonds. The van der Waals surface area contributed by atoms with Gasteiger partial charge in [-0.2, -0.15) is 0 Å². The molecule has 196 valence electrons. The second-order valence-corrected chi connectivity index (χ2v) is 9.70. The zero-order valence-corrected chi connectivity index (χ0v) is 21.7. The number of fused-ring (bicyclic) bond motifs is 2. The molecule has 1 heterocycles. The Balaban J connectivity index is 1.27. The van der Waals surface area contributed by atoms with E-state index < -0.39 is 5.97 Å². The Morgan fingerprint density at radius 1 is 1.03 bits per heavy atom. The summed E-state index contributed by atoms with van der Waals surface area (Å²) in [4.78, 5) is 13.5. The lowest BCUT2D eigenvalue weighted by atomic mass is 9.90. The molecule has 0 aromatic heterocycles. The van der Waals surface area contributed by atoms with Crippen LogP contribution in [-0.2, 0) is 9.53 Å². The molecule has 2 atom stereocenters. The first-order chi connectivity index (χ1) is 18.5. The largest absolute Gasteiger partial charge is 0.483 e. The highest BCUT2D eigenvalue weighted by Crippen LogP contribution is 2.41. The molecule has 0 radical (unpaired) electrons. The van der Waals surface area contributed by atoms with Gasteiger partial charge < -0.3 is 19.1 Å². The van der Waals surface area contributed by atoms with Crippen molar-refractivity contribution in [2.75, 3.05) is 25.2 Å². The molecule has 0 spiro atoms. The number of rotatable bonds is 9. The van der Waals surface area contributed by atoms with Crippen LogP contribution in [0.25, 0.3) is 10.8 Å². The van der Waals surface area contributed by atoms with Crippen molar-refractivity contribution in [3.63, 3.8) is 0 Å². The fourth-order valence-corrected chi connectivity index (χ4v) is 5.14. The molecule has 1 unspecified atom stereocenters. The Morgan fingerprint density at radius 2 is 1.79 bits per heavy atom. The monoisotopic (exact) mass is 513 g/mol. The topological polar surface area (TPSA) is 48.0 Å². The highest BCUT2D eigenvalue weighted by atomic mass is 19.1. The average molecular weight is 514 g/mol. The summed E-state index contributed by atoms with van der Waals surface area (Å²) in [7, 11) is 1.32. The maximum atomic E-state index is 14.8. The number of carbonyl (C=O) groups excluding carboxylic acids is 1. The normalized spacial score (nSPS) is 15.4. The lowest BCUT2D eigenvalue weighted by molar-refractivity contribution is -0.142. The minimum absolute atomic E-state index is 0.144. The number of esters is 1. The summed E-state index contributed by atoms with van der Waals surface area (Å²) in [6, 6.07) is 27.4. The fourth-order valence-electron chi connectivity index (χ4n) is 5.14. The van der Waals surface area contributed by atoms with Gasteiger partial charge >= 0.3 is 5.97 Å². The van der Waals surface area contributed by atoms with Crippen LogP contribution in [0, 0.1) is 5.82 Å². The van der Waals surface area contributed by atoms with Gasteiger partial charge in [0.2, 0.25) is 0 Å². The molecule has 5 rings (SSSR count). The maximum Gasteiger partial charge on any atom is 0.343 e. The second-order valence-electron chi connectivity index (χ2n) is 9.70. The molecule has 38 heavy (non-hydrogen) atoms. The van der Waals surface area contributed by atoms with E-state index in [-0.39, 0.29) is 24.3 Å². The van der Waals surface area contributed by atoms with Crippen LogP contribution in [0.1, 0.15) is 37.7 Å². The molecule has 5 nitrogen and oxygen atoms in total. The molecule has 4 aromatic carbocycles. The standard InChI is InChI=1S/C32H32FNO4/c1-22(27-13-6-10-23-9-3-4-12-28(23)27)8-5-11-26-20-34(30-15-7-14-29(33)32(30)38-26)24-16-18-25(19-17-24)37-21-31(35)36-2/h3-4,6-7,9-10,12-19,22,26H,5,8,11,20-21H2,1-2H3/t22-,26?/m0/s1. The Morgan fingerprint density at radius 3 is 2.61 bits per heavy atom. The second kappa shape index (κ2) is 11.5. The minimum Gasteiger partial charge on any atom is -0.483 e. The third kappa shape index (κ3) is 5.59. The minimum atomic E-state index is -0.440. The predicted molar refractivity (Wildman–Crippen MR) is 148 cm³/mol. The van der Waals surface area contributed by atoms with Gasteiger partial charge in [0.1, 0.15) is 11.9 Å². The van der Waals surface area contributed by atoms with Crippen LogP contribution >= 0.6 is 0 Å². The Bertz CT molecular complexity index is 1400. The number of anilines is 2. The predicted octanol–water partition coefficient (Wildman–Crippen LogP) is 7.40. The first-order valence-corrected chi connectivity index (χ1v) is 13.0. The molecule has 0 aliphatic carbocycles. The molecule has 0 bridgehead atoms. The maximum absolute atomic E-state index is 14.8. The smallest absolute Gasteiger partial charge is 0.343 e. The van der Waals surface area contributed by atoms with Gasteiger partial charge in [-0.1, -0.05) is 55.5 Å². The van der Waals surface area contributed by atoms with Crippen molar-refractivity contribution in [3.05, 3.63) is 96.3 Å². The van der Waals surface area contributed by atoms with Crippen molar-refractivity contribution in [2.45, 2.75) is 38.2 Å². The van der Waals surface area contributed by atoms with E-state index in [2.05, 4.69) is 59.0 Å². The molecule has 0 N–H and O–H groups in total. The molecule has 1 aliphatic heterocycles. The number of benzene rings is 4. The molecule has 1 aliphatic rings. The van der Waals surface area contributed by atoms with E-state index in [1.54, 1.807) is 18.2 Å². The SMILES string of the molecule is COC(=O)COc1ccc(N2CC(CCC[C@H](C)c3cccc4ccccc34)Oc3c(F)cccc32)cc1. The number of methoxy groups -OCH3 is 1. The van der Waals surface area contributed by atoms with Crippen molar-refractivity contribution < 1.29 is 23.4 Å². The first-order valence-electron chi connectivity index (χ1n) is 13.0. The van der Waals surface area contributed by atoms with E-state index in [9.17, 15) is 9.18 Å². The van der Waals surface area contributed by atoms with E-state index >= 15 is 0 Å². The van der Waals surface area contributed by atoms with Crippen LogP contribution in [0.2, 0.25) is 0 Å². The van der Waals surface area contributed by atoms with Crippen molar-refractivity contribution in [2.24, 2.45) is 0 Å². The summed E-state index contributed by atoms with van der Waals surface area (Å²) < 4.78 is 31.1. The molecular weight excluding hydrogens is 481 g/mol. The van der Waals surface area contributed by atoms with Crippen LogP contribution < -0.4 is 14.4 Å². The lowest BCUT2D eigenvalue weighted by Gasteiger charge is -2.36. The van der Waals surface area contributed by atoms with Crippen molar-refractivity contribution >= 4 is 28.1 Å². The number of carbonyl (C=O) groups is 1. The van der Waals surface area contributed by atoms with Crippen LogP contribution in [-0.4, -0.2) is 32.3 Å². The van der Waals surface area contributed by atoms with Gasteiger partial charge in [0.25, 0.3) is 0 Å². The first kappa shape index (κ1) is 25.6. The molecule has 6 heteroatoms. The van der Waals surface area contributed by atoms with Gasteiger partial charge in [0, 0.05) is 5.69 Å². The van der Waals surface area contributed by atoms with Gasteiger partial charge in [-0.25, -0.2) is 9.18 Å². The zero-order valence-electron chi connectivity index (χ0n) is 21.7. The number of halogens is 1. The summed E-state index contributed by atoms with van der Waals surface area (Å²) in [5.41, 5.74) is 2.97. The highest BCUT2D eigenvalue weighted by Gasteiger charge is 2.29. The van der Waals surface area contributed by atoms with E-state index in [1.165, 1.54) is 29.5 Å². The van der Waals surface area contributed by atoms with Gasteiger partial charge in [0.15, 0.2) is 18.2 Å². The summed E-state index contributed by atoms with van der Waals surface area (Å²) in [5.74, 6) is 0.452. The van der Waals surface area contributed by atoms with E-state index in [4.69, 9.17) is 9.47 Å². The molecule has 0 saturated heterocycles. The van der Waals surface area contributed by atoms with E-state index in [0.717, 1.165) is 24.9 Å². The van der Waals surface area contributed by atoms with Gasteiger partial charge in [-0.3, -0.25) is 0 Å². The van der Waals surface area contributed by atoms with E-state index in [1.807, 2.05) is 18.2 Å². The highest BCUT2D eigenvalue weighted by molar-refractivity contribution is 5.86. The number of hydrogen-bond acceptors (Lipinski definition) is 5. The van der Waals surface area contributed by atoms with E-state index in [0.29, 0.717) is 23.9 Å². The molecule has 0 fully saturated rings. The Hall–Kier alpha value is -4.06. The number of para-hydroxylation sites is 1. The van der Waals surface area contributed by atoms with Crippen molar-refractivity contribution in [1.29, 1.82) is 0 Å². The van der Waals surface area contributed by atoms with Gasteiger partial charge in [-0.05, 0) is 77.9 Å². The quantitative estimate of drug-likeness (QED) is 0.218. The zero-order chi connectivity index (χ0) is 26.5. The Kier molecular flexibility index (Phi) is 7.78. The van der Waals surface area contributed by atoms with Crippen molar-refractivity contribution in [3.8, 4) is 11.5 Å². The third-order valence-electron chi connectivity index (χ3n) is 7.16. The summed E-state index contributed by atoms with van der Waals surface area (Å²) in [5, 5.41) is 2.56. The third-order valence-corrected chi connectivity index (χ3v) is 7.16. The van der Waals surface area contributed by atoms with Gasteiger partial charge in [-0.15, -0.1) is 0 Å². The fraction of sp³-hybridized carbons (Fsp3) is 0.281. The van der Waals surface area contributed by atoms with Crippen LogP contribution in [0.5, 0.6) is 11.5 Å².